The van der Waals surface area contributed by atoms with Gasteiger partial charge in [-0.3, -0.25) is 4.79 Å². The Kier molecular flexibility index (Phi) is 8.19. The molecule has 1 heterocycles. The molecule has 196 valence electrons. The molecule has 0 amide bonds. The molecule has 5 rings (SSSR count). The zero-order chi connectivity index (χ0) is 26.1. The van der Waals surface area contributed by atoms with Crippen LogP contribution in [0.4, 0.5) is 0 Å². The maximum atomic E-state index is 12.1. The van der Waals surface area contributed by atoms with Crippen LogP contribution in [0.15, 0.2) is 42.5 Å². The number of fused-ring (bicyclic) bond motifs is 1. The number of Topliss-reactive ketones (excluding diaryl/α,β-unsaturated/α-hetero) is 1. The Morgan fingerprint density at radius 1 is 1.17 bits per heavy atom. The number of halogens is 1. The molecule has 2 aromatic carbocycles. The molecule has 1 N–H and O–H groups in total. The second-order valence-corrected chi connectivity index (χ2v) is 12.5. The Balaban J connectivity index is 0.000000175. The molecule has 2 fully saturated rings. The third-order valence-electron chi connectivity index (χ3n) is 8.47. The van der Waals surface area contributed by atoms with Crippen LogP contribution in [-0.2, 0) is 11.8 Å². The van der Waals surface area contributed by atoms with Gasteiger partial charge in [-0.05, 0) is 108 Å². The Morgan fingerprint density at radius 3 is 2.64 bits per heavy atom. The first-order chi connectivity index (χ1) is 17.0. The Morgan fingerprint density at radius 2 is 1.94 bits per heavy atom. The van der Waals surface area contributed by atoms with E-state index < -0.39 is 0 Å². The van der Waals surface area contributed by atoms with Gasteiger partial charge in [-0.15, -0.1) is 0 Å². The molecular weight excluding hydrogens is 468 g/mol. The lowest BCUT2D eigenvalue weighted by atomic mass is 9.52. The standard InChI is InChI=1S/C18H25NO.C13H18ClNO/c1-19-10-9-18-8-4-3-5-15(18)17(19)11-13-6-7-14(20-2)12-16(13)18;1-9(15-13(2,3)4)12(16)10-6-5-7-11(14)8-10/h6-7,12,15,17H,3-5,8-11H2,1-2H3;5-9,15H,1-4H3/t15-,17+,18+;/m1./s1. The summed E-state index contributed by atoms with van der Waals surface area (Å²) in [4.78, 5) is 14.7. The van der Waals surface area contributed by atoms with Gasteiger partial charge in [0.15, 0.2) is 5.78 Å². The van der Waals surface area contributed by atoms with Gasteiger partial charge in [0, 0.05) is 27.6 Å². The maximum Gasteiger partial charge on any atom is 0.179 e. The topological polar surface area (TPSA) is 41.6 Å². The number of hydrogen-bond donors (Lipinski definition) is 1. The normalized spacial score (nSPS) is 26.1. The quantitative estimate of drug-likeness (QED) is 0.465. The number of hydrogen-bond acceptors (Lipinski definition) is 4. The van der Waals surface area contributed by atoms with Crippen LogP contribution in [0.5, 0.6) is 5.75 Å². The average molecular weight is 511 g/mol. The summed E-state index contributed by atoms with van der Waals surface area (Å²) in [5, 5.41) is 3.84. The zero-order valence-electron chi connectivity index (χ0n) is 22.9. The Labute approximate surface area is 222 Å². The van der Waals surface area contributed by atoms with Gasteiger partial charge in [0.1, 0.15) is 5.75 Å². The number of ketones is 1. The molecule has 0 aromatic heterocycles. The number of carbonyl (C=O) groups is 1. The van der Waals surface area contributed by atoms with Crippen LogP contribution >= 0.6 is 11.6 Å². The third kappa shape index (κ3) is 5.66. The largest absolute Gasteiger partial charge is 0.497 e. The van der Waals surface area contributed by atoms with E-state index >= 15 is 0 Å². The minimum atomic E-state index is -0.210. The van der Waals surface area contributed by atoms with Crippen molar-refractivity contribution in [2.75, 3.05) is 20.7 Å². The van der Waals surface area contributed by atoms with Gasteiger partial charge >= 0.3 is 0 Å². The molecule has 0 radical (unpaired) electrons. The minimum Gasteiger partial charge on any atom is -0.497 e. The molecule has 36 heavy (non-hydrogen) atoms. The molecule has 3 aliphatic rings. The number of carbonyl (C=O) groups excluding carboxylic acids is 1. The highest BCUT2D eigenvalue weighted by molar-refractivity contribution is 6.31. The van der Waals surface area contributed by atoms with Crippen molar-refractivity contribution in [3.63, 3.8) is 0 Å². The highest BCUT2D eigenvalue weighted by Gasteiger charge is 2.53. The fourth-order valence-corrected chi connectivity index (χ4v) is 7.10. The smallest absolute Gasteiger partial charge is 0.179 e. The van der Waals surface area contributed by atoms with Gasteiger partial charge in [-0.1, -0.05) is 42.6 Å². The Hall–Kier alpha value is -1.88. The summed E-state index contributed by atoms with van der Waals surface area (Å²) in [5.74, 6) is 1.98. The lowest BCUT2D eigenvalue weighted by Gasteiger charge is -2.58. The molecule has 4 atom stereocenters. The molecule has 5 heteroatoms. The Bertz CT molecular complexity index is 1080. The lowest BCUT2D eigenvalue weighted by molar-refractivity contribution is 0.00274. The van der Waals surface area contributed by atoms with Crippen molar-refractivity contribution in [2.45, 2.75) is 89.3 Å². The predicted octanol–water partition coefficient (Wildman–Crippen LogP) is 6.68. The molecule has 4 nitrogen and oxygen atoms in total. The van der Waals surface area contributed by atoms with Crippen molar-refractivity contribution in [3.8, 4) is 5.75 Å². The molecule has 1 saturated carbocycles. The van der Waals surface area contributed by atoms with Crippen LogP contribution in [0.3, 0.4) is 0 Å². The van der Waals surface area contributed by atoms with Crippen molar-refractivity contribution in [1.29, 1.82) is 0 Å². The highest BCUT2D eigenvalue weighted by Crippen LogP contribution is 2.55. The van der Waals surface area contributed by atoms with E-state index in [1.165, 1.54) is 45.1 Å². The van der Waals surface area contributed by atoms with Gasteiger partial charge in [0.2, 0.25) is 0 Å². The number of piperidine rings is 1. The summed E-state index contributed by atoms with van der Waals surface area (Å²) in [6.45, 7) is 9.24. The number of methoxy groups -OCH3 is 1. The van der Waals surface area contributed by atoms with Gasteiger partial charge in [0.25, 0.3) is 0 Å². The van der Waals surface area contributed by atoms with Crippen LogP contribution in [0.1, 0.15) is 81.3 Å². The summed E-state index contributed by atoms with van der Waals surface area (Å²) in [6.07, 6.45) is 8.22. The van der Waals surface area contributed by atoms with Gasteiger partial charge in [-0.25, -0.2) is 0 Å². The van der Waals surface area contributed by atoms with E-state index in [9.17, 15) is 4.79 Å². The van der Waals surface area contributed by atoms with E-state index in [4.69, 9.17) is 16.3 Å². The summed E-state index contributed by atoms with van der Waals surface area (Å²) in [7, 11) is 4.12. The van der Waals surface area contributed by atoms with E-state index in [1.807, 2.05) is 27.7 Å². The SMILES string of the molecule is CC(NC(C)(C)C)C(=O)c1cccc(Cl)c1.COc1ccc2c(c1)[C@]13CCCC[C@@H]1[C@H](C2)N(C)CC3. The van der Waals surface area contributed by atoms with Crippen molar-refractivity contribution < 1.29 is 9.53 Å². The summed E-state index contributed by atoms with van der Waals surface area (Å²) >= 11 is 5.85. The van der Waals surface area contributed by atoms with Crippen LogP contribution in [-0.4, -0.2) is 49.0 Å². The second kappa shape index (κ2) is 10.8. The monoisotopic (exact) mass is 510 g/mol. The number of benzene rings is 2. The molecule has 2 bridgehead atoms. The number of nitrogens with zero attached hydrogens (tertiary/aromatic N) is 1. The first-order valence-corrected chi connectivity index (χ1v) is 13.9. The average Bonchev–Trinajstić information content (AvgIpc) is 2.85. The molecule has 1 unspecified atom stereocenters. The maximum absolute atomic E-state index is 12.1. The highest BCUT2D eigenvalue weighted by atomic mass is 35.5. The van der Waals surface area contributed by atoms with E-state index in [1.54, 1.807) is 42.5 Å². The summed E-state index contributed by atoms with van der Waals surface area (Å²) < 4.78 is 5.51. The molecule has 1 aliphatic heterocycles. The number of ether oxygens (including phenoxy) is 1. The fourth-order valence-electron chi connectivity index (χ4n) is 6.91. The summed E-state index contributed by atoms with van der Waals surface area (Å²) in [5.41, 5.74) is 4.24. The van der Waals surface area contributed by atoms with Crippen LogP contribution < -0.4 is 10.1 Å². The van der Waals surface area contributed by atoms with Crippen molar-refractivity contribution in [1.82, 2.24) is 10.2 Å². The molecule has 2 aromatic rings. The lowest BCUT2D eigenvalue weighted by Crippen LogP contribution is -2.59. The molecule has 0 spiro atoms. The van der Waals surface area contributed by atoms with Crippen LogP contribution in [0, 0.1) is 5.92 Å². The van der Waals surface area contributed by atoms with Crippen molar-refractivity contribution in [3.05, 3.63) is 64.2 Å². The number of likely N-dealkylation sites (N-methyl/N-ethyl adjacent to an activating group) is 1. The van der Waals surface area contributed by atoms with Crippen molar-refractivity contribution >= 4 is 17.4 Å². The van der Waals surface area contributed by atoms with Gasteiger partial charge in [0.05, 0.1) is 13.2 Å². The number of rotatable bonds is 4. The van der Waals surface area contributed by atoms with Gasteiger partial charge < -0.3 is 15.0 Å². The number of likely N-dealkylation sites (tertiary alicyclic amines) is 1. The van der Waals surface area contributed by atoms with Crippen LogP contribution in [0.25, 0.3) is 0 Å². The molecule has 2 aliphatic carbocycles. The van der Waals surface area contributed by atoms with Crippen LogP contribution in [0.2, 0.25) is 5.02 Å². The fraction of sp³-hybridized carbons (Fsp3) is 0.581. The summed E-state index contributed by atoms with van der Waals surface area (Å²) in [6, 6.07) is 14.4. The third-order valence-corrected chi connectivity index (χ3v) is 8.71. The van der Waals surface area contributed by atoms with Crippen molar-refractivity contribution in [2.24, 2.45) is 5.92 Å². The zero-order valence-corrected chi connectivity index (χ0v) is 23.6. The van der Waals surface area contributed by atoms with E-state index in [0.717, 1.165) is 17.7 Å². The van der Waals surface area contributed by atoms with Gasteiger partial charge in [-0.2, -0.15) is 0 Å². The van der Waals surface area contributed by atoms with E-state index in [0.29, 0.717) is 16.0 Å². The van der Waals surface area contributed by atoms with E-state index in [-0.39, 0.29) is 17.4 Å². The number of nitrogens with one attached hydrogen (secondary N) is 1. The first-order valence-electron chi connectivity index (χ1n) is 13.5. The van der Waals surface area contributed by atoms with E-state index in [2.05, 4.69) is 35.5 Å². The predicted molar refractivity (Wildman–Crippen MR) is 150 cm³/mol. The second-order valence-electron chi connectivity index (χ2n) is 12.0. The first kappa shape index (κ1) is 27.2. The molecular formula is C31H43ClN2O2. The molecule has 1 saturated heterocycles. The minimum absolute atomic E-state index is 0.0671.